The van der Waals surface area contributed by atoms with E-state index in [1.165, 1.54) is 0 Å². The summed E-state index contributed by atoms with van der Waals surface area (Å²) in [6.07, 6.45) is 4.21. The maximum absolute atomic E-state index is 4.61. The van der Waals surface area contributed by atoms with Crippen molar-refractivity contribution in [1.29, 1.82) is 0 Å². The number of hydrogen-bond acceptors (Lipinski definition) is 7. The van der Waals surface area contributed by atoms with Gasteiger partial charge in [-0.3, -0.25) is 4.98 Å². The SMILES string of the molecule is Cc1nc(Cc2nn3c(-c4ccncc4)nnc3s2)cs1. The van der Waals surface area contributed by atoms with Crippen LogP contribution in [0.3, 0.4) is 0 Å². The average Bonchev–Trinajstić information content (AvgIpc) is 3.16. The van der Waals surface area contributed by atoms with E-state index in [9.17, 15) is 0 Å². The minimum Gasteiger partial charge on any atom is -0.265 e. The van der Waals surface area contributed by atoms with Crippen molar-refractivity contribution < 1.29 is 0 Å². The van der Waals surface area contributed by atoms with Crippen LogP contribution in [0.25, 0.3) is 16.3 Å². The van der Waals surface area contributed by atoms with Crippen molar-refractivity contribution in [1.82, 2.24) is 29.8 Å². The summed E-state index contributed by atoms with van der Waals surface area (Å²) in [4.78, 5) is 9.28. The molecule has 0 N–H and O–H groups in total. The summed E-state index contributed by atoms with van der Waals surface area (Å²) in [7, 11) is 0. The second-order valence-corrected chi connectivity index (χ2v) is 6.59. The minimum atomic E-state index is 0.730. The number of pyridine rings is 1. The van der Waals surface area contributed by atoms with Crippen molar-refractivity contribution in [3.63, 3.8) is 0 Å². The van der Waals surface area contributed by atoms with Crippen molar-refractivity contribution in [2.24, 2.45) is 0 Å². The topological polar surface area (TPSA) is 68.9 Å². The quantitative estimate of drug-likeness (QED) is 0.581. The number of rotatable bonds is 3. The molecule has 4 aromatic heterocycles. The number of nitrogens with zero attached hydrogens (tertiary/aromatic N) is 6. The number of thiazole rings is 1. The third-order valence-electron chi connectivity index (χ3n) is 2.97. The standard InChI is InChI=1S/C13H10N6S2/c1-8-15-10(7-20-8)6-11-18-19-12(16-17-13(19)21-11)9-2-4-14-5-3-9/h2-5,7H,6H2,1H3. The lowest BCUT2D eigenvalue weighted by molar-refractivity contribution is 0.908. The molecule has 0 atom stereocenters. The van der Waals surface area contributed by atoms with Crippen molar-refractivity contribution in [3.8, 4) is 11.4 Å². The Hall–Kier alpha value is -2.19. The Labute approximate surface area is 128 Å². The molecule has 0 saturated carbocycles. The fourth-order valence-corrected chi connectivity index (χ4v) is 3.51. The number of aryl methyl sites for hydroxylation is 1. The van der Waals surface area contributed by atoms with Crippen LogP contribution in [0.5, 0.6) is 0 Å². The molecule has 0 radical (unpaired) electrons. The molecular formula is C13H10N6S2. The van der Waals surface area contributed by atoms with Crippen LogP contribution in [-0.2, 0) is 6.42 Å². The summed E-state index contributed by atoms with van der Waals surface area (Å²) < 4.78 is 1.79. The summed E-state index contributed by atoms with van der Waals surface area (Å²) in [5.41, 5.74) is 2.01. The van der Waals surface area contributed by atoms with Crippen molar-refractivity contribution >= 4 is 27.6 Å². The first-order chi connectivity index (χ1) is 10.3. The number of aromatic nitrogens is 6. The van der Waals surface area contributed by atoms with E-state index in [4.69, 9.17) is 0 Å². The molecule has 6 nitrogen and oxygen atoms in total. The van der Waals surface area contributed by atoms with Crippen molar-refractivity contribution in [2.45, 2.75) is 13.3 Å². The summed E-state index contributed by atoms with van der Waals surface area (Å²) in [6.45, 7) is 2.01. The van der Waals surface area contributed by atoms with Gasteiger partial charge in [0, 0.05) is 29.8 Å². The Balaban J connectivity index is 1.72. The highest BCUT2D eigenvalue weighted by Gasteiger charge is 2.14. The molecule has 0 fully saturated rings. The number of fused-ring (bicyclic) bond motifs is 1. The van der Waals surface area contributed by atoms with Crippen LogP contribution in [-0.4, -0.2) is 29.8 Å². The molecule has 0 bridgehead atoms. The number of hydrogen-bond donors (Lipinski definition) is 0. The fraction of sp³-hybridized carbons (Fsp3) is 0.154. The fourth-order valence-electron chi connectivity index (χ4n) is 2.05. The maximum atomic E-state index is 4.61. The van der Waals surface area contributed by atoms with Crippen LogP contribution in [0.15, 0.2) is 29.9 Å². The molecule has 0 aliphatic carbocycles. The van der Waals surface area contributed by atoms with Gasteiger partial charge in [-0.25, -0.2) is 4.98 Å². The van der Waals surface area contributed by atoms with Gasteiger partial charge in [0.15, 0.2) is 5.82 Å². The summed E-state index contributed by atoms with van der Waals surface area (Å²) in [6, 6.07) is 3.80. The van der Waals surface area contributed by atoms with Crippen LogP contribution in [0, 0.1) is 6.92 Å². The predicted octanol–water partition coefficient (Wildman–Crippen LogP) is 2.60. The van der Waals surface area contributed by atoms with Crippen LogP contribution < -0.4 is 0 Å². The second kappa shape index (κ2) is 4.97. The van der Waals surface area contributed by atoms with Crippen LogP contribution in [0.4, 0.5) is 0 Å². The van der Waals surface area contributed by atoms with Crippen LogP contribution in [0.2, 0.25) is 0 Å². The van der Waals surface area contributed by atoms with Gasteiger partial charge in [0.25, 0.3) is 0 Å². The molecule has 0 unspecified atom stereocenters. The zero-order valence-corrected chi connectivity index (χ0v) is 12.7. The van der Waals surface area contributed by atoms with Gasteiger partial charge in [-0.2, -0.15) is 9.61 Å². The molecule has 0 aliphatic rings. The van der Waals surface area contributed by atoms with E-state index in [1.54, 1.807) is 39.6 Å². The molecule has 4 aromatic rings. The van der Waals surface area contributed by atoms with Crippen molar-refractivity contribution in [2.75, 3.05) is 0 Å². The molecule has 4 rings (SSSR count). The van der Waals surface area contributed by atoms with E-state index < -0.39 is 0 Å². The van der Waals surface area contributed by atoms with Crippen molar-refractivity contribution in [3.05, 3.63) is 45.6 Å². The Morgan fingerprint density at radius 1 is 1.19 bits per heavy atom. The molecule has 0 amide bonds. The third-order valence-corrected chi connectivity index (χ3v) is 4.69. The lowest BCUT2D eigenvalue weighted by Gasteiger charge is -1.95. The Bertz CT molecular complexity index is 892. The molecule has 8 heteroatoms. The maximum Gasteiger partial charge on any atom is 0.234 e. The lowest BCUT2D eigenvalue weighted by Crippen LogP contribution is -1.94. The van der Waals surface area contributed by atoms with E-state index in [0.29, 0.717) is 0 Å². The second-order valence-electron chi connectivity index (χ2n) is 4.48. The van der Waals surface area contributed by atoms with Gasteiger partial charge in [-0.05, 0) is 19.1 Å². The first-order valence-corrected chi connectivity index (χ1v) is 8.02. The highest BCUT2D eigenvalue weighted by molar-refractivity contribution is 7.16. The highest BCUT2D eigenvalue weighted by atomic mass is 32.1. The molecule has 4 heterocycles. The molecule has 21 heavy (non-hydrogen) atoms. The molecule has 0 saturated heterocycles. The van der Waals surface area contributed by atoms with E-state index in [2.05, 4.69) is 30.6 Å². The van der Waals surface area contributed by atoms with Gasteiger partial charge in [0.05, 0.1) is 10.7 Å². The van der Waals surface area contributed by atoms with Gasteiger partial charge in [-0.15, -0.1) is 21.5 Å². The van der Waals surface area contributed by atoms with Gasteiger partial charge in [0.1, 0.15) is 5.01 Å². The Kier molecular flexibility index (Phi) is 2.97. The van der Waals surface area contributed by atoms with E-state index in [-0.39, 0.29) is 0 Å². The molecular weight excluding hydrogens is 304 g/mol. The molecule has 104 valence electrons. The van der Waals surface area contributed by atoms with E-state index in [0.717, 1.165) is 38.5 Å². The summed E-state index contributed by atoms with van der Waals surface area (Å²) in [5.74, 6) is 0.740. The minimum absolute atomic E-state index is 0.730. The van der Waals surface area contributed by atoms with Gasteiger partial charge < -0.3 is 0 Å². The zero-order chi connectivity index (χ0) is 14.2. The summed E-state index contributed by atoms with van der Waals surface area (Å²) in [5, 5.41) is 17.1. The highest BCUT2D eigenvalue weighted by Crippen LogP contribution is 2.22. The van der Waals surface area contributed by atoms with E-state index in [1.807, 2.05) is 19.1 Å². The largest absolute Gasteiger partial charge is 0.265 e. The van der Waals surface area contributed by atoms with Crippen LogP contribution in [0.1, 0.15) is 15.7 Å². The predicted molar refractivity (Wildman–Crippen MR) is 81.5 cm³/mol. The van der Waals surface area contributed by atoms with E-state index >= 15 is 0 Å². The third kappa shape index (κ3) is 2.32. The first kappa shape index (κ1) is 12.5. The van der Waals surface area contributed by atoms with Gasteiger partial charge in [-0.1, -0.05) is 11.3 Å². The smallest absolute Gasteiger partial charge is 0.234 e. The molecule has 0 aromatic carbocycles. The van der Waals surface area contributed by atoms with Gasteiger partial charge >= 0.3 is 0 Å². The zero-order valence-electron chi connectivity index (χ0n) is 11.1. The monoisotopic (exact) mass is 314 g/mol. The Morgan fingerprint density at radius 2 is 2.05 bits per heavy atom. The molecule has 0 aliphatic heterocycles. The Morgan fingerprint density at radius 3 is 2.81 bits per heavy atom. The van der Waals surface area contributed by atoms with Crippen LogP contribution >= 0.6 is 22.7 Å². The summed E-state index contributed by atoms with van der Waals surface area (Å²) >= 11 is 3.20. The molecule has 0 spiro atoms. The van der Waals surface area contributed by atoms with Gasteiger partial charge in [0.2, 0.25) is 4.96 Å². The lowest BCUT2D eigenvalue weighted by atomic mass is 10.2. The average molecular weight is 314 g/mol. The normalized spacial score (nSPS) is 11.3. The first-order valence-electron chi connectivity index (χ1n) is 6.32.